The predicted octanol–water partition coefficient (Wildman–Crippen LogP) is 5.19. The number of ether oxygens (including phenoxy) is 1. The highest BCUT2D eigenvalue weighted by molar-refractivity contribution is 6.35. The average Bonchev–Trinajstić information content (AvgIpc) is 3.42. The van der Waals surface area contributed by atoms with Crippen LogP contribution < -0.4 is 16.0 Å². The number of hydrogen-bond donors (Lipinski definition) is 6. The maximum atomic E-state index is 11.8. The fraction of sp³-hybridized carbons (Fsp3) is 0.250. The Hall–Kier alpha value is -3.87. The SMILES string of the molecule is Cc1nc(NCCOCC(O)CO)c(NCc2ccc(-c3cc(Cl)ccc3Cl)o2)c(Nc2ccccc2C(=O)O)n1. The van der Waals surface area contributed by atoms with Gasteiger partial charge in [0.15, 0.2) is 11.6 Å². The summed E-state index contributed by atoms with van der Waals surface area (Å²) in [6.45, 7) is 2.09. The molecule has 2 heterocycles. The molecule has 0 radical (unpaired) electrons. The number of nitrogens with zero attached hydrogens (tertiary/aromatic N) is 2. The van der Waals surface area contributed by atoms with Gasteiger partial charge in [0.1, 0.15) is 29.1 Å². The Bertz CT molecular complexity index is 1500. The molecule has 4 aromatic rings. The fourth-order valence-electron chi connectivity index (χ4n) is 3.86. The van der Waals surface area contributed by atoms with Crippen molar-refractivity contribution in [3.63, 3.8) is 0 Å². The molecule has 0 saturated carbocycles. The topological polar surface area (TPSA) is 162 Å². The van der Waals surface area contributed by atoms with Crippen LogP contribution in [0.15, 0.2) is 59.0 Å². The number of nitrogens with one attached hydrogen (secondary N) is 3. The van der Waals surface area contributed by atoms with Crippen molar-refractivity contribution in [1.82, 2.24) is 9.97 Å². The van der Waals surface area contributed by atoms with E-state index < -0.39 is 18.7 Å². The first-order valence-electron chi connectivity index (χ1n) is 12.6. The molecule has 0 amide bonds. The Morgan fingerprint density at radius 1 is 1.07 bits per heavy atom. The lowest BCUT2D eigenvalue weighted by Crippen LogP contribution is -2.22. The van der Waals surface area contributed by atoms with Crippen LogP contribution in [-0.4, -0.2) is 63.7 Å². The van der Waals surface area contributed by atoms with Crippen molar-refractivity contribution >= 4 is 52.2 Å². The molecule has 13 heteroatoms. The Balaban J connectivity index is 1.59. The van der Waals surface area contributed by atoms with Gasteiger partial charge in [0.2, 0.25) is 0 Å². The van der Waals surface area contributed by atoms with E-state index in [1.807, 2.05) is 0 Å². The van der Waals surface area contributed by atoms with Crippen molar-refractivity contribution in [3.8, 4) is 11.3 Å². The second kappa shape index (κ2) is 14.2. The number of aliphatic hydroxyl groups is 2. The van der Waals surface area contributed by atoms with E-state index in [0.29, 0.717) is 62.5 Å². The van der Waals surface area contributed by atoms with Gasteiger partial charge in [-0.15, -0.1) is 0 Å². The van der Waals surface area contributed by atoms with Gasteiger partial charge in [-0.1, -0.05) is 35.3 Å². The number of halogens is 2. The molecule has 0 aliphatic rings. The maximum absolute atomic E-state index is 11.8. The lowest BCUT2D eigenvalue weighted by molar-refractivity contribution is 0.00940. The largest absolute Gasteiger partial charge is 0.478 e. The summed E-state index contributed by atoms with van der Waals surface area (Å²) in [6.07, 6.45) is -0.960. The number of aromatic nitrogens is 2. The second-order valence-electron chi connectivity index (χ2n) is 8.90. The number of benzene rings is 2. The van der Waals surface area contributed by atoms with Crippen LogP contribution in [0, 0.1) is 6.92 Å². The first kappa shape index (κ1) is 30.1. The van der Waals surface area contributed by atoms with Crippen molar-refractivity contribution in [2.45, 2.75) is 19.6 Å². The minimum atomic E-state index is -1.09. The molecule has 0 fully saturated rings. The molecule has 4 rings (SSSR count). The molecule has 0 saturated heterocycles. The summed E-state index contributed by atoms with van der Waals surface area (Å²) in [7, 11) is 0. The molecule has 41 heavy (non-hydrogen) atoms. The van der Waals surface area contributed by atoms with Gasteiger partial charge in [0, 0.05) is 17.1 Å². The summed E-state index contributed by atoms with van der Waals surface area (Å²) in [6, 6.07) is 15.2. The standard InChI is InChI=1S/C28H29Cl2N5O6/c1-16-33-26(31-10-11-40-15-18(37)14-36)25(27(34-16)35-23-5-3-2-4-20(23)28(38)39)32-13-19-7-9-24(41-19)21-12-17(29)6-8-22(21)30/h2-9,12,18,32,36-37H,10-11,13-15H2,1H3,(H,38,39)(H2,31,33,34,35). The Kier molecular flexibility index (Phi) is 10.4. The Labute approximate surface area is 246 Å². The van der Waals surface area contributed by atoms with E-state index in [-0.39, 0.29) is 25.3 Å². The molecule has 2 aromatic heterocycles. The fourth-order valence-corrected chi connectivity index (χ4v) is 4.24. The first-order chi connectivity index (χ1) is 19.7. The zero-order chi connectivity index (χ0) is 29.4. The number of anilines is 4. The van der Waals surface area contributed by atoms with Crippen molar-refractivity contribution in [2.75, 3.05) is 42.3 Å². The minimum absolute atomic E-state index is 0.0116. The monoisotopic (exact) mass is 601 g/mol. The van der Waals surface area contributed by atoms with E-state index in [0.717, 1.165) is 0 Å². The van der Waals surface area contributed by atoms with Crippen LogP contribution in [0.4, 0.5) is 23.0 Å². The van der Waals surface area contributed by atoms with Crippen LogP contribution in [-0.2, 0) is 11.3 Å². The maximum Gasteiger partial charge on any atom is 0.337 e. The van der Waals surface area contributed by atoms with Gasteiger partial charge in [-0.25, -0.2) is 14.8 Å². The number of rotatable bonds is 14. The molecule has 0 aliphatic heterocycles. The zero-order valence-corrected chi connectivity index (χ0v) is 23.5. The lowest BCUT2D eigenvalue weighted by Gasteiger charge is -2.18. The molecule has 11 nitrogen and oxygen atoms in total. The van der Waals surface area contributed by atoms with Gasteiger partial charge in [-0.3, -0.25) is 0 Å². The van der Waals surface area contributed by atoms with Crippen LogP contribution in [0.2, 0.25) is 10.0 Å². The van der Waals surface area contributed by atoms with Gasteiger partial charge in [0.25, 0.3) is 0 Å². The first-order valence-corrected chi connectivity index (χ1v) is 13.4. The number of aryl methyl sites for hydroxylation is 1. The summed E-state index contributed by atoms with van der Waals surface area (Å²) in [5.74, 6) is 1.25. The second-order valence-corrected chi connectivity index (χ2v) is 9.74. The third kappa shape index (κ3) is 8.09. The normalized spacial score (nSPS) is 11.7. The molecule has 0 spiro atoms. The summed E-state index contributed by atoms with van der Waals surface area (Å²) in [5.41, 5.74) is 1.55. The molecular weight excluding hydrogens is 573 g/mol. The molecule has 1 unspecified atom stereocenters. The summed E-state index contributed by atoms with van der Waals surface area (Å²) in [5, 5.41) is 38.7. The lowest BCUT2D eigenvalue weighted by atomic mass is 10.2. The van der Waals surface area contributed by atoms with Gasteiger partial charge in [-0.2, -0.15) is 0 Å². The van der Waals surface area contributed by atoms with Crippen molar-refractivity contribution in [1.29, 1.82) is 0 Å². The van der Waals surface area contributed by atoms with Gasteiger partial charge >= 0.3 is 5.97 Å². The summed E-state index contributed by atoms with van der Waals surface area (Å²) >= 11 is 12.5. The van der Waals surface area contributed by atoms with Crippen LogP contribution in [0.1, 0.15) is 21.9 Å². The Morgan fingerprint density at radius 2 is 1.85 bits per heavy atom. The molecular formula is C28H29Cl2N5O6. The third-order valence-electron chi connectivity index (χ3n) is 5.79. The number of carbonyl (C=O) groups is 1. The average molecular weight is 602 g/mol. The number of hydrogen-bond acceptors (Lipinski definition) is 10. The van der Waals surface area contributed by atoms with Crippen LogP contribution in [0.25, 0.3) is 11.3 Å². The number of aromatic carboxylic acids is 1. The third-order valence-corrected chi connectivity index (χ3v) is 6.35. The highest BCUT2D eigenvalue weighted by atomic mass is 35.5. The van der Waals surface area contributed by atoms with Crippen LogP contribution >= 0.6 is 23.2 Å². The van der Waals surface area contributed by atoms with E-state index in [1.165, 1.54) is 6.07 Å². The zero-order valence-electron chi connectivity index (χ0n) is 22.0. The number of aliphatic hydroxyl groups excluding tert-OH is 2. The smallest absolute Gasteiger partial charge is 0.337 e. The van der Waals surface area contributed by atoms with E-state index >= 15 is 0 Å². The highest BCUT2D eigenvalue weighted by Crippen LogP contribution is 2.34. The number of para-hydroxylation sites is 1. The molecule has 0 bridgehead atoms. The van der Waals surface area contributed by atoms with E-state index in [2.05, 4.69) is 25.9 Å². The molecule has 6 N–H and O–H groups in total. The van der Waals surface area contributed by atoms with Crippen molar-refractivity contribution < 1.29 is 29.3 Å². The summed E-state index contributed by atoms with van der Waals surface area (Å²) in [4.78, 5) is 20.8. The van der Waals surface area contributed by atoms with E-state index in [9.17, 15) is 15.0 Å². The van der Waals surface area contributed by atoms with Crippen LogP contribution in [0.5, 0.6) is 0 Å². The van der Waals surface area contributed by atoms with Crippen molar-refractivity contribution in [2.24, 2.45) is 0 Å². The quantitative estimate of drug-likeness (QED) is 0.105. The summed E-state index contributed by atoms with van der Waals surface area (Å²) < 4.78 is 11.4. The van der Waals surface area contributed by atoms with Gasteiger partial charge in [0.05, 0.1) is 42.6 Å². The van der Waals surface area contributed by atoms with Crippen LogP contribution in [0.3, 0.4) is 0 Å². The predicted molar refractivity (Wildman–Crippen MR) is 157 cm³/mol. The Morgan fingerprint density at radius 3 is 2.63 bits per heavy atom. The number of carboxylic acids is 1. The van der Waals surface area contributed by atoms with Crippen molar-refractivity contribution in [3.05, 3.63) is 81.8 Å². The molecule has 2 aromatic carbocycles. The van der Waals surface area contributed by atoms with E-state index in [4.69, 9.17) is 37.5 Å². The molecule has 216 valence electrons. The number of carboxylic acid groups (broad SMARTS) is 1. The highest BCUT2D eigenvalue weighted by Gasteiger charge is 2.18. The minimum Gasteiger partial charge on any atom is -0.478 e. The molecule has 1 atom stereocenters. The van der Waals surface area contributed by atoms with E-state index in [1.54, 1.807) is 55.5 Å². The number of furan rings is 1. The molecule has 0 aliphatic carbocycles. The van der Waals surface area contributed by atoms with Gasteiger partial charge in [-0.05, 0) is 49.4 Å². The van der Waals surface area contributed by atoms with Gasteiger partial charge < -0.3 is 40.4 Å².